The second-order valence-electron chi connectivity index (χ2n) is 6.84. The minimum Gasteiger partial charge on any atom is -0.506 e. The van der Waals surface area contributed by atoms with Gasteiger partial charge >= 0.3 is 0 Å². The average molecular weight is 432 g/mol. The number of aliphatic hydroxyl groups excluding tert-OH is 1. The summed E-state index contributed by atoms with van der Waals surface area (Å²) in [5.41, 5.74) is 1.23. The number of aliphatic hydroxyl groups is 1. The summed E-state index contributed by atoms with van der Waals surface area (Å²) in [6.07, 6.45) is 0.572. The zero-order chi connectivity index (χ0) is 21.8. The molecule has 1 amide bonds. The fourth-order valence-corrected chi connectivity index (χ4v) is 4.69. The molecule has 2 heterocycles. The average Bonchev–Trinajstić information content (AvgIpc) is 3.28. The van der Waals surface area contributed by atoms with Crippen LogP contribution in [0.5, 0.6) is 11.5 Å². The number of methoxy groups -OCH3 is 3. The lowest BCUT2D eigenvalue weighted by Crippen LogP contribution is -2.31. The van der Waals surface area contributed by atoms with Crippen molar-refractivity contribution >= 4 is 28.8 Å². The molecule has 0 bridgehead atoms. The topological polar surface area (TPSA) is 85.3 Å². The van der Waals surface area contributed by atoms with E-state index in [-0.39, 0.29) is 16.9 Å². The quantitative estimate of drug-likeness (QED) is 0.298. The van der Waals surface area contributed by atoms with E-state index in [9.17, 15) is 14.7 Å². The number of ketones is 1. The van der Waals surface area contributed by atoms with Crippen LogP contribution >= 0.6 is 11.3 Å². The van der Waals surface area contributed by atoms with E-state index in [4.69, 9.17) is 14.2 Å². The molecule has 1 aromatic heterocycles. The molecule has 0 saturated carbocycles. The number of hydrogen-bond acceptors (Lipinski definition) is 7. The van der Waals surface area contributed by atoms with Gasteiger partial charge in [-0.2, -0.15) is 0 Å². The smallest absolute Gasteiger partial charge is 0.295 e. The first kappa shape index (κ1) is 21.9. The van der Waals surface area contributed by atoms with Gasteiger partial charge in [0.1, 0.15) is 22.8 Å². The molecule has 7 nitrogen and oxygen atoms in total. The fraction of sp³-hybridized carbons (Fsp3) is 0.364. The van der Waals surface area contributed by atoms with Gasteiger partial charge in [0.2, 0.25) is 0 Å². The highest BCUT2D eigenvalue weighted by atomic mass is 32.1. The first-order valence-corrected chi connectivity index (χ1v) is 10.4. The molecular formula is C22H25NO6S. The molecule has 160 valence electrons. The SMILES string of the molecule is COCCCN1C(=O)C(=O)/C(=C(/O)c2c(OC)cccc2OC)C1c1sccc1C. The summed E-state index contributed by atoms with van der Waals surface area (Å²) in [4.78, 5) is 28.3. The minimum absolute atomic E-state index is 0.0331. The van der Waals surface area contributed by atoms with Crippen molar-refractivity contribution in [2.24, 2.45) is 0 Å². The summed E-state index contributed by atoms with van der Waals surface area (Å²) in [5.74, 6) is -0.983. The van der Waals surface area contributed by atoms with Crippen LogP contribution in [0.15, 0.2) is 35.2 Å². The van der Waals surface area contributed by atoms with Gasteiger partial charge in [-0.1, -0.05) is 6.07 Å². The van der Waals surface area contributed by atoms with Crippen LogP contribution < -0.4 is 9.47 Å². The molecule has 1 aliphatic heterocycles. The number of ether oxygens (including phenoxy) is 3. The Morgan fingerprint density at radius 1 is 1.13 bits per heavy atom. The number of Topliss-reactive ketones (excluding diaryl/α,β-unsaturated/α-hetero) is 1. The first-order chi connectivity index (χ1) is 14.5. The molecule has 0 aliphatic carbocycles. The minimum atomic E-state index is -0.726. The molecule has 8 heteroatoms. The third-order valence-electron chi connectivity index (χ3n) is 5.10. The fourth-order valence-electron chi connectivity index (χ4n) is 3.65. The molecule has 3 rings (SSSR count). The third kappa shape index (κ3) is 3.80. The van der Waals surface area contributed by atoms with Crippen LogP contribution in [0.2, 0.25) is 0 Å². The Kier molecular flexibility index (Phi) is 6.79. The highest BCUT2D eigenvalue weighted by molar-refractivity contribution is 7.10. The van der Waals surface area contributed by atoms with Gasteiger partial charge in [-0.3, -0.25) is 9.59 Å². The molecule has 1 fully saturated rings. The van der Waals surface area contributed by atoms with E-state index >= 15 is 0 Å². The van der Waals surface area contributed by atoms with Gasteiger partial charge in [-0.15, -0.1) is 11.3 Å². The predicted octanol–water partition coefficient (Wildman–Crippen LogP) is 3.53. The highest BCUT2D eigenvalue weighted by Crippen LogP contribution is 2.45. The molecule has 1 unspecified atom stereocenters. The van der Waals surface area contributed by atoms with Crippen molar-refractivity contribution in [1.82, 2.24) is 4.90 Å². The molecular weight excluding hydrogens is 406 g/mol. The normalized spacial score (nSPS) is 18.1. The number of carbonyl (C=O) groups is 2. The Bertz CT molecular complexity index is 958. The maximum absolute atomic E-state index is 13.1. The van der Waals surface area contributed by atoms with E-state index < -0.39 is 17.7 Å². The van der Waals surface area contributed by atoms with E-state index in [1.165, 1.54) is 30.5 Å². The zero-order valence-corrected chi connectivity index (χ0v) is 18.2. The van der Waals surface area contributed by atoms with Crippen LogP contribution in [0.3, 0.4) is 0 Å². The van der Waals surface area contributed by atoms with E-state index in [1.807, 2.05) is 18.4 Å². The lowest BCUT2D eigenvalue weighted by atomic mass is 9.97. The number of amides is 1. The van der Waals surface area contributed by atoms with Crippen molar-refractivity contribution in [3.8, 4) is 11.5 Å². The predicted molar refractivity (Wildman–Crippen MR) is 114 cm³/mol. The number of nitrogens with zero attached hydrogens (tertiary/aromatic N) is 1. The number of thiophene rings is 1. The molecule has 1 atom stereocenters. The molecule has 0 radical (unpaired) electrons. The molecule has 1 aliphatic rings. The van der Waals surface area contributed by atoms with Crippen molar-refractivity contribution in [1.29, 1.82) is 0 Å². The Labute approximate surface area is 179 Å². The summed E-state index contributed by atoms with van der Waals surface area (Å²) < 4.78 is 15.9. The van der Waals surface area contributed by atoms with Gasteiger partial charge in [0.15, 0.2) is 0 Å². The van der Waals surface area contributed by atoms with Crippen LogP contribution in [-0.4, -0.2) is 56.2 Å². The molecule has 1 aromatic carbocycles. The summed E-state index contributed by atoms with van der Waals surface area (Å²) in [5, 5.41) is 13.2. The summed E-state index contributed by atoms with van der Waals surface area (Å²) >= 11 is 1.44. The molecule has 0 spiro atoms. The third-order valence-corrected chi connectivity index (χ3v) is 6.17. The Hall–Kier alpha value is -2.84. The maximum atomic E-state index is 13.1. The van der Waals surface area contributed by atoms with Crippen molar-refractivity contribution in [2.45, 2.75) is 19.4 Å². The Morgan fingerprint density at radius 2 is 1.80 bits per heavy atom. The number of rotatable bonds is 8. The molecule has 1 N–H and O–H groups in total. The van der Waals surface area contributed by atoms with E-state index in [2.05, 4.69) is 0 Å². The molecule has 1 saturated heterocycles. The van der Waals surface area contributed by atoms with Gasteiger partial charge in [-0.25, -0.2) is 0 Å². The Balaban J connectivity index is 2.22. The zero-order valence-electron chi connectivity index (χ0n) is 17.4. The number of likely N-dealkylation sites (tertiary alicyclic amines) is 1. The van der Waals surface area contributed by atoms with Crippen molar-refractivity contribution in [2.75, 3.05) is 34.5 Å². The molecule has 2 aromatic rings. The number of benzene rings is 1. The Morgan fingerprint density at radius 3 is 2.33 bits per heavy atom. The van der Waals surface area contributed by atoms with Gasteiger partial charge < -0.3 is 24.2 Å². The van der Waals surface area contributed by atoms with Gasteiger partial charge in [-0.05, 0) is 42.5 Å². The van der Waals surface area contributed by atoms with E-state index in [0.29, 0.717) is 31.1 Å². The van der Waals surface area contributed by atoms with Crippen LogP contribution in [0.25, 0.3) is 5.76 Å². The van der Waals surface area contributed by atoms with Crippen LogP contribution in [0.4, 0.5) is 0 Å². The monoisotopic (exact) mass is 431 g/mol. The van der Waals surface area contributed by atoms with E-state index in [0.717, 1.165) is 10.4 Å². The maximum Gasteiger partial charge on any atom is 0.295 e. The second kappa shape index (κ2) is 9.32. The van der Waals surface area contributed by atoms with E-state index in [1.54, 1.807) is 25.3 Å². The van der Waals surface area contributed by atoms with Crippen molar-refractivity contribution < 1.29 is 28.9 Å². The van der Waals surface area contributed by atoms with Crippen LogP contribution in [0, 0.1) is 6.92 Å². The van der Waals surface area contributed by atoms with Crippen molar-refractivity contribution in [3.63, 3.8) is 0 Å². The summed E-state index contributed by atoms with van der Waals surface area (Å²) in [7, 11) is 4.52. The van der Waals surface area contributed by atoms with Gasteiger partial charge in [0.05, 0.1) is 25.8 Å². The summed E-state index contributed by atoms with van der Waals surface area (Å²) in [6, 6.07) is 6.30. The number of aryl methyl sites for hydroxylation is 1. The second-order valence-corrected chi connectivity index (χ2v) is 7.79. The van der Waals surface area contributed by atoms with Crippen LogP contribution in [-0.2, 0) is 14.3 Å². The molecule has 30 heavy (non-hydrogen) atoms. The number of carbonyl (C=O) groups excluding carboxylic acids is 2. The lowest BCUT2D eigenvalue weighted by molar-refractivity contribution is -0.140. The summed E-state index contributed by atoms with van der Waals surface area (Å²) in [6.45, 7) is 2.71. The highest BCUT2D eigenvalue weighted by Gasteiger charge is 2.47. The lowest BCUT2D eigenvalue weighted by Gasteiger charge is -2.25. The van der Waals surface area contributed by atoms with Crippen molar-refractivity contribution in [3.05, 3.63) is 51.2 Å². The van der Waals surface area contributed by atoms with Crippen LogP contribution in [0.1, 0.15) is 28.5 Å². The van der Waals surface area contributed by atoms with Gasteiger partial charge in [0, 0.05) is 25.1 Å². The standard InChI is InChI=1S/C22H25NO6S/c1-13-9-12-30-21(13)18-17(20(25)22(26)23(18)10-6-11-27-2)19(24)16-14(28-3)7-5-8-15(16)29-4/h5,7-9,12,18,24H,6,10-11H2,1-4H3/b19-17+. The van der Waals surface area contributed by atoms with Gasteiger partial charge in [0.25, 0.3) is 11.7 Å². The largest absolute Gasteiger partial charge is 0.506 e. The first-order valence-electron chi connectivity index (χ1n) is 9.48. The number of hydrogen-bond donors (Lipinski definition) is 1.